The van der Waals surface area contributed by atoms with Crippen molar-refractivity contribution in [2.24, 2.45) is 5.73 Å². The molecular weight excluding hydrogens is 407 g/mol. The molecule has 0 aliphatic rings. The van der Waals surface area contributed by atoms with Crippen molar-refractivity contribution in [3.63, 3.8) is 0 Å². The largest absolute Gasteiger partial charge is 0.490 e. The molecule has 0 aliphatic carbocycles. The molecule has 30 heavy (non-hydrogen) atoms. The molecule has 170 valence electrons. The first-order valence-electron chi connectivity index (χ1n) is 9.35. The molecule has 1 atom stereocenters. The number of aliphatic carboxylic acids is 1. The number of rotatable bonds is 10. The maximum atomic E-state index is 11.7. The molecule has 0 bridgehead atoms. The summed E-state index contributed by atoms with van der Waals surface area (Å²) in [4.78, 5) is 32.2. The van der Waals surface area contributed by atoms with Crippen LogP contribution in [-0.2, 0) is 20.9 Å². The molecule has 2 amide bonds. The van der Waals surface area contributed by atoms with Crippen molar-refractivity contribution in [1.29, 1.82) is 0 Å². The zero-order chi connectivity index (χ0) is 23.0. The molecule has 0 spiro atoms. The second-order valence-corrected chi connectivity index (χ2v) is 6.20. The number of amides is 2. The molecule has 0 heterocycles. The second kappa shape index (κ2) is 15.1. The highest BCUT2D eigenvalue weighted by Gasteiger charge is 2.38. The number of nitrogens with one attached hydrogen (secondary N) is 2. The van der Waals surface area contributed by atoms with Gasteiger partial charge in [-0.3, -0.25) is 4.79 Å². The van der Waals surface area contributed by atoms with Gasteiger partial charge in [0, 0.05) is 13.1 Å². The van der Waals surface area contributed by atoms with Crippen LogP contribution in [0.15, 0.2) is 30.3 Å². The number of carbonyl (C=O) groups is 3. The number of hydrogen-bond acceptors (Lipinski definition) is 5. The molecule has 5 N–H and O–H groups in total. The maximum Gasteiger partial charge on any atom is 0.490 e. The van der Waals surface area contributed by atoms with E-state index in [2.05, 4.69) is 17.6 Å². The summed E-state index contributed by atoms with van der Waals surface area (Å²) in [6.07, 6.45) is -1.31. The van der Waals surface area contributed by atoms with Crippen LogP contribution in [0.4, 0.5) is 18.0 Å². The Morgan fingerprint density at radius 3 is 2.23 bits per heavy atom. The van der Waals surface area contributed by atoms with Crippen molar-refractivity contribution in [2.75, 3.05) is 13.1 Å². The third-order valence-corrected chi connectivity index (χ3v) is 3.59. The summed E-state index contributed by atoms with van der Waals surface area (Å²) in [6, 6.07) is 8.60. The Kier molecular flexibility index (Phi) is 13.7. The van der Waals surface area contributed by atoms with E-state index in [1.807, 2.05) is 30.3 Å². The SMILES string of the molecule is CCCCCCNC(=O)[C@@H](N)CNC(=O)OCc1ccccc1.O=C(O)C(F)(F)F. The van der Waals surface area contributed by atoms with E-state index in [0.717, 1.165) is 31.2 Å². The van der Waals surface area contributed by atoms with E-state index in [1.165, 1.54) is 0 Å². The van der Waals surface area contributed by atoms with Crippen molar-refractivity contribution in [3.8, 4) is 0 Å². The molecule has 0 aliphatic heterocycles. The van der Waals surface area contributed by atoms with Crippen LogP contribution in [-0.4, -0.2) is 48.4 Å². The first-order valence-corrected chi connectivity index (χ1v) is 9.35. The molecule has 0 fully saturated rings. The Bertz CT molecular complexity index is 642. The number of carbonyl (C=O) groups excluding carboxylic acids is 2. The summed E-state index contributed by atoms with van der Waals surface area (Å²) >= 11 is 0. The Balaban J connectivity index is 0.00000103. The Morgan fingerprint density at radius 2 is 1.70 bits per heavy atom. The van der Waals surface area contributed by atoms with E-state index in [-0.39, 0.29) is 19.1 Å². The van der Waals surface area contributed by atoms with Crippen LogP contribution >= 0.6 is 0 Å². The highest BCUT2D eigenvalue weighted by atomic mass is 19.4. The van der Waals surface area contributed by atoms with Crippen molar-refractivity contribution in [3.05, 3.63) is 35.9 Å². The van der Waals surface area contributed by atoms with Gasteiger partial charge in [0.15, 0.2) is 0 Å². The summed E-state index contributed by atoms with van der Waals surface area (Å²) in [7, 11) is 0. The molecular formula is C19H28F3N3O5. The van der Waals surface area contributed by atoms with Crippen molar-refractivity contribution < 1.29 is 37.4 Å². The van der Waals surface area contributed by atoms with Gasteiger partial charge in [-0.25, -0.2) is 9.59 Å². The molecule has 0 unspecified atom stereocenters. The van der Waals surface area contributed by atoms with Gasteiger partial charge in [-0.05, 0) is 12.0 Å². The lowest BCUT2D eigenvalue weighted by atomic mass is 10.2. The maximum absolute atomic E-state index is 11.7. The van der Waals surface area contributed by atoms with Crippen LogP contribution < -0.4 is 16.4 Å². The number of alkyl halides is 3. The van der Waals surface area contributed by atoms with Crippen LogP contribution in [0.3, 0.4) is 0 Å². The highest BCUT2D eigenvalue weighted by Crippen LogP contribution is 2.13. The minimum atomic E-state index is -5.08. The highest BCUT2D eigenvalue weighted by molar-refractivity contribution is 5.82. The monoisotopic (exact) mass is 435 g/mol. The van der Waals surface area contributed by atoms with Gasteiger partial charge in [-0.1, -0.05) is 56.5 Å². The fourth-order valence-electron chi connectivity index (χ4n) is 1.95. The standard InChI is InChI=1S/C17H27N3O3.C2HF3O2/c1-2-3-4-8-11-19-16(21)15(18)12-20-17(22)23-13-14-9-6-5-7-10-14;3-2(4,5)1(6)7/h5-7,9-10,15H,2-4,8,11-13,18H2,1H3,(H,19,21)(H,20,22);(H,6,7)/t15-;/m0./s1. The number of nitrogens with two attached hydrogens (primary N) is 1. The molecule has 8 nitrogen and oxygen atoms in total. The van der Waals surface area contributed by atoms with E-state index in [9.17, 15) is 22.8 Å². The lowest BCUT2D eigenvalue weighted by Crippen LogP contribution is -2.48. The molecule has 1 aromatic rings. The molecule has 11 heteroatoms. The third kappa shape index (κ3) is 14.2. The van der Waals surface area contributed by atoms with Gasteiger partial charge in [-0.15, -0.1) is 0 Å². The topological polar surface area (TPSA) is 131 Å². The Hall–Kier alpha value is -2.82. The smallest absolute Gasteiger partial charge is 0.475 e. The van der Waals surface area contributed by atoms with Crippen LogP contribution in [0.25, 0.3) is 0 Å². The average Bonchev–Trinajstić information content (AvgIpc) is 2.70. The first-order chi connectivity index (χ1) is 14.1. The number of halogens is 3. The molecule has 1 rings (SSSR count). The molecule has 0 aromatic heterocycles. The van der Waals surface area contributed by atoms with Gasteiger partial charge in [0.1, 0.15) is 12.6 Å². The van der Waals surface area contributed by atoms with E-state index < -0.39 is 24.3 Å². The lowest BCUT2D eigenvalue weighted by molar-refractivity contribution is -0.192. The van der Waals surface area contributed by atoms with Gasteiger partial charge in [0.25, 0.3) is 0 Å². The number of carboxylic acids is 1. The van der Waals surface area contributed by atoms with E-state index in [0.29, 0.717) is 6.54 Å². The average molecular weight is 435 g/mol. The molecule has 0 saturated heterocycles. The second-order valence-electron chi connectivity index (χ2n) is 6.20. The normalized spacial score (nSPS) is 11.5. The van der Waals surface area contributed by atoms with Crippen LogP contribution in [0, 0.1) is 0 Å². The van der Waals surface area contributed by atoms with Gasteiger partial charge in [0.2, 0.25) is 5.91 Å². The molecule has 1 aromatic carbocycles. The summed E-state index contributed by atoms with van der Waals surface area (Å²) in [6.45, 7) is 2.99. The lowest BCUT2D eigenvalue weighted by Gasteiger charge is -2.13. The van der Waals surface area contributed by atoms with E-state index >= 15 is 0 Å². The summed E-state index contributed by atoms with van der Waals surface area (Å²) in [5.74, 6) is -3.02. The van der Waals surface area contributed by atoms with Crippen LogP contribution in [0.1, 0.15) is 38.2 Å². The predicted molar refractivity (Wildman–Crippen MR) is 103 cm³/mol. The molecule has 0 saturated carbocycles. The number of benzene rings is 1. The number of alkyl carbamates (subject to hydrolysis) is 1. The Morgan fingerprint density at radius 1 is 1.10 bits per heavy atom. The molecule has 0 radical (unpaired) electrons. The fraction of sp³-hybridized carbons (Fsp3) is 0.526. The van der Waals surface area contributed by atoms with Crippen molar-refractivity contribution in [1.82, 2.24) is 10.6 Å². The zero-order valence-electron chi connectivity index (χ0n) is 16.7. The number of hydrogen-bond donors (Lipinski definition) is 4. The van der Waals surface area contributed by atoms with Gasteiger partial charge >= 0.3 is 18.2 Å². The van der Waals surface area contributed by atoms with Gasteiger partial charge in [-0.2, -0.15) is 13.2 Å². The minimum Gasteiger partial charge on any atom is -0.475 e. The third-order valence-electron chi connectivity index (χ3n) is 3.59. The van der Waals surface area contributed by atoms with Gasteiger partial charge in [0.05, 0.1) is 0 Å². The summed E-state index contributed by atoms with van der Waals surface area (Å²) < 4.78 is 36.8. The van der Waals surface area contributed by atoms with E-state index in [4.69, 9.17) is 20.4 Å². The van der Waals surface area contributed by atoms with Crippen molar-refractivity contribution in [2.45, 2.75) is 51.4 Å². The van der Waals surface area contributed by atoms with E-state index in [1.54, 1.807) is 0 Å². The quantitative estimate of drug-likeness (QED) is 0.418. The number of ether oxygens (including phenoxy) is 1. The predicted octanol–water partition coefficient (Wildman–Crippen LogP) is 2.57. The summed E-state index contributed by atoms with van der Waals surface area (Å²) in [5, 5.41) is 12.4. The first kappa shape index (κ1) is 27.2. The van der Waals surface area contributed by atoms with Crippen molar-refractivity contribution >= 4 is 18.0 Å². The fourth-order valence-corrected chi connectivity index (χ4v) is 1.95. The number of carboxylic acid groups (broad SMARTS) is 1. The van der Waals surface area contributed by atoms with Crippen LogP contribution in [0.2, 0.25) is 0 Å². The minimum absolute atomic E-state index is 0.0500. The zero-order valence-corrected chi connectivity index (χ0v) is 16.7. The van der Waals surface area contributed by atoms with Crippen LogP contribution in [0.5, 0.6) is 0 Å². The Labute approximate surface area is 173 Å². The van der Waals surface area contributed by atoms with Gasteiger partial charge < -0.3 is 26.2 Å². The summed E-state index contributed by atoms with van der Waals surface area (Å²) in [5.41, 5.74) is 6.63. The number of unbranched alkanes of at least 4 members (excludes halogenated alkanes) is 3.